The lowest BCUT2D eigenvalue weighted by Crippen LogP contribution is -2.24. The van der Waals surface area contributed by atoms with E-state index >= 15 is 0 Å². The van der Waals surface area contributed by atoms with Gasteiger partial charge in [0.2, 0.25) is 5.91 Å². The Labute approximate surface area is 201 Å². The van der Waals surface area contributed by atoms with E-state index in [-0.39, 0.29) is 12.0 Å². The largest absolute Gasteiger partial charge is 0.393 e. The molecule has 0 aliphatic heterocycles. The smallest absolute Gasteiger partial charge is 0.219 e. The molecular weight excluding hydrogens is 394 g/mol. The van der Waals surface area contributed by atoms with Crippen LogP contribution < -0.4 is 5.32 Å². The third-order valence-electron chi connectivity index (χ3n) is 6.68. The molecule has 0 radical (unpaired) electrons. The van der Waals surface area contributed by atoms with Gasteiger partial charge >= 0.3 is 0 Å². The highest BCUT2D eigenvalue weighted by molar-refractivity contribution is 5.75. The van der Waals surface area contributed by atoms with Crippen molar-refractivity contribution in [3.8, 4) is 0 Å². The zero-order valence-corrected chi connectivity index (χ0v) is 22.1. The maximum Gasteiger partial charge on any atom is 0.219 e. The summed E-state index contributed by atoms with van der Waals surface area (Å²) in [5.41, 5.74) is 0. The van der Waals surface area contributed by atoms with E-state index in [1.165, 1.54) is 109 Å². The first kappa shape index (κ1) is 31.4. The highest BCUT2D eigenvalue weighted by Gasteiger charge is 2.06. The van der Waals surface area contributed by atoms with E-state index in [2.05, 4.69) is 19.2 Å². The Bertz CT molecular complexity index is 372. The van der Waals surface area contributed by atoms with Gasteiger partial charge in [0, 0.05) is 13.0 Å². The van der Waals surface area contributed by atoms with Gasteiger partial charge in [0.25, 0.3) is 0 Å². The average molecular weight is 454 g/mol. The topological polar surface area (TPSA) is 49.3 Å². The van der Waals surface area contributed by atoms with Crippen molar-refractivity contribution in [3.63, 3.8) is 0 Å². The zero-order valence-electron chi connectivity index (χ0n) is 22.1. The molecule has 1 amide bonds. The van der Waals surface area contributed by atoms with Crippen LogP contribution in [0, 0.1) is 0 Å². The maximum absolute atomic E-state index is 11.9. The van der Waals surface area contributed by atoms with Crippen LogP contribution >= 0.6 is 0 Å². The Morgan fingerprint density at radius 2 is 0.938 bits per heavy atom. The molecule has 0 saturated carbocycles. The molecule has 1 unspecified atom stereocenters. The number of nitrogens with one attached hydrogen (secondary N) is 1. The van der Waals surface area contributed by atoms with Crippen LogP contribution in [0.4, 0.5) is 0 Å². The summed E-state index contributed by atoms with van der Waals surface area (Å²) in [6.07, 6.45) is 29.3. The predicted octanol–water partition coefficient (Wildman–Crippen LogP) is 8.87. The fourth-order valence-electron chi connectivity index (χ4n) is 4.43. The van der Waals surface area contributed by atoms with Crippen molar-refractivity contribution in [2.45, 2.75) is 174 Å². The molecule has 0 spiro atoms. The molecule has 1 atom stereocenters. The summed E-state index contributed by atoms with van der Waals surface area (Å²) in [7, 11) is 0. The molecule has 0 aliphatic carbocycles. The number of carbonyl (C=O) groups is 1. The molecule has 0 aromatic carbocycles. The highest BCUT2D eigenvalue weighted by atomic mass is 16.3. The summed E-state index contributed by atoms with van der Waals surface area (Å²) in [6, 6.07) is 0. The second kappa shape index (κ2) is 26.7. The van der Waals surface area contributed by atoms with Crippen molar-refractivity contribution in [1.82, 2.24) is 5.32 Å². The summed E-state index contributed by atoms with van der Waals surface area (Å²) in [5, 5.41) is 13.2. The van der Waals surface area contributed by atoms with E-state index < -0.39 is 0 Å². The number of hydrogen-bond donors (Lipinski definition) is 2. The average Bonchev–Trinajstić information content (AvgIpc) is 2.79. The van der Waals surface area contributed by atoms with Gasteiger partial charge in [-0.1, -0.05) is 136 Å². The zero-order chi connectivity index (χ0) is 23.5. The maximum atomic E-state index is 11.9. The van der Waals surface area contributed by atoms with Gasteiger partial charge in [0.15, 0.2) is 0 Å². The molecule has 0 bridgehead atoms. The molecule has 2 N–H and O–H groups in total. The number of carbonyl (C=O) groups excluding carboxylic acids is 1. The lowest BCUT2D eigenvalue weighted by Gasteiger charge is -2.10. The van der Waals surface area contributed by atoms with E-state index in [9.17, 15) is 9.90 Å². The molecule has 0 aliphatic rings. The second-order valence-electron chi connectivity index (χ2n) is 10.0. The summed E-state index contributed by atoms with van der Waals surface area (Å²) in [5.74, 6) is 0.189. The van der Waals surface area contributed by atoms with E-state index in [1.807, 2.05) is 0 Å². The summed E-state index contributed by atoms with van der Waals surface area (Å²) < 4.78 is 0. The molecule has 0 rings (SSSR count). The van der Waals surface area contributed by atoms with Crippen molar-refractivity contribution in [2.24, 2.45) is 0 Å². The minimum absolute atomic E-state index is 0.172. The lowest BCUT2D eigenvalue weighted by molar-refractivity contribution is -0.121. The third kappa shape index (κ3) is 25.7. The first-order valence-electron chi connectivity index (χ1n) is 14.7. The molecule has 3 nitrogen and oxygen atoms in total. The van der Waals surface area contributed by atoms with Gasteiger partial charge in [-0.05, 0) is 25.7 Å². The van der Waals surface area contributed by atoms with Crippen LogP contribution in [-0.4, -0.2) is 23.7 Å². The number of aliphatic hydroxyl groups is 1. The van der Waals surface area contributed by atoms with Crippen molar-refractivity contribution >= 4 is 5.91 Å². The minimum Gasteiger partial charge on any atom is -0.393 e. The van der Waals surface area contributed by atoms with Gasteiger partial charge in [-0.15, -0.1) is 0 Å². The number of rotatable bonds is 26. The Kier molecular flexibility index (Phi) is 26.2. The predicted molar refractivity (Wildman–Crippen MR) is 141 cm³/mol. The first-order valence-corrected chi connectivity index (χ1v) is 14.7. The van der Waals surface area contributed by atoms with Gasteiger partial charge in [0.05, 0.1) is 6.10 Å². The lowest BCUT2D eigenvalue weighted by atomic mass is 10.0. The van der Waals surface area contributed by atoms with Crippen LogP contribution in [0.15, 0.2) is 0 Å². The van der Waals surface area contributed by atoms with Crippen LogP contribution in [0.25, 0.3) is 0 Å². The summed E-state index contributed by atoms with van der Waals surface area (Å²) in [6.45, 7) is 5.36. The molecule has 0 aromatic rings. The first-order chi connectivity index (χ1) is 15.7. The van der Waals surface area contributed by atoms with E-state index in [1.54, 1.807) is 0 Å². The van der Waals surface area contributed by atoms with Crippen molar-refractivity contribution in [2.75, 3.05) is 6.54 Å². The van der Waals surface area contributed by atoms with E-state index in [4.69, 9.17) is 0 Å². The van der Waals surface area contributed by atoms with Gasteiger partial charge < -0.3 is 10.4 Å². The number of hydrogen-bond acceptors (Lipinski definition) is 2. The van der Waals surface area contributed by atoms with E-state index in [0.29, 0.717) is 6.42 Å². The monoisotopic (exact) mass is 453 g/mol. The number of unbranched alkanes of at least 4 members (excludes halogenated alkanes) is 18. The quantitative estimate of drug-likeness (QED) is 0.128. The Hall–Kier alpha value is -0.570. The third-order valence-corrected chi connectivity index (χ3v) is 6.68. The fraction of sp³-hybridized carbons (Fsp3) is 0.966. The highest BCUT2D eigenvalue weighted by Crippen LogP contribution is 2.14. The SMILES string of the molecule is CCCCCCCCCCCCNC(=O)CCCCC(O)CCCCCCCCCCC. The van der Waals surface area contributed by atoms with E-state index in [0.717, 1.165) is 45.1 Å². The molecule has 3 heteroatoms. The summed E-state index contributed by atoms with van der Waals surface area (Å²) in [4.78, 5) is 11.9. The van der Waals surface area contributed by atoms with Crippen LogP contribution in [0.2, 0.25) is 0 Å². The van der Waals surface area contributed by atoms with Crippen molar-refractivity contribution in [1.29, 1.82) is 0 Å². The number of amides is 1. The Balaban J connectivity index is 3.28. The van der Waals surface area contributed by atoms with Crippen molar-refractivity contribution < 1.29 is 9.90 Å². The number of aliphatic hydroxyl groups excluding tert-OH is 1. The standard InChI is InChI=1S/C29H59NO2/c1-3-5-7-9-11-13-15-17-19-23-27-30-29(32)26-22-21-25-28(31)24-20-18-16-14-12-10-8-6-4-2/h28,31H,3-27H2,1-2H3,(H,30,32). The van der Waals surface area contributed by atoms with Crippen LogP contribution in [0.3, 0.4) is 0 Å². The van der Waals surface area contributed by atoms with Crippen LogP contribution in [-0.2, 0) is 4.79 Å². The molecular formula is C29H59NO2. The van der Waals surface area contributed by atoms with Gasteiger partial charge in [-0.25, -0.2) is 0 Å². The van der Waals surface area contributed by atoms with Gasteiger partial charge in [-0.2, -0.15) is 0 Å². The molecule has 0 heterocycles. The van der Waals surface area contributed by atoms with Crippen molar-refractivity contribution in [3.05, 3.63) is 0 Å². The molecule has 192 valence electrons. The molecule has 0 aromatic heterocycles. The van der Waals surface area contributed by atoms with Crippen LogP contribution in [0.5, 0.6) is 0 Å². The van der Waals surface area contributed by atoms with Gasteiger partial charge in [0.1, 0.15) is 0 Å². The second-order valence-corrected chi connectivity index (χ2v) is 10.0. The summed E-state index contributed by atoms with van der Waals surface area (Å²) >= 11 is 0. The van der Waals surface area contributed by atoms with Crippen LogP contribution in [0.1, 0.15) is 168 Å². The minimum atomic E-state index is -0.172. The fourth-order valence-corrected chi connectivity index (χ4v) is 4.43. The molecule has 0 saturated heterocycles. The molecule has 0 fully saturated rings. The van der Waals surface area contributed by atoms with Gasteiger partial charge in [-0.3, -0.25) is 4.79 Å². The molecule has 32 heavy (non-hydrogen) atoms. The Morgan fingerprint density at radius 3 is 1.41 bits per heavy atom. The normalized spacial score (nSPS) is 12.2. The Morgan fingerprint density at radius 1 is 0.562 bits per heavy atom.